The number of benzene rings is 11. The van der Waals surface area contributed by atoms with Gasteiger partial charge in [-0.1, -0.05) is 216 Å². The molecule has 3 heterocycles. The van der Waals surface area contributed by atoms with Crippen LogP contribution in [0.5, 0.6) is 11.5 Å². The average Bonchev–Trinajstić information content (AvgIpc) is 1.59. The van der Waals surface area contributed by atoms with Gasteiger partial charge < -0.3 is 14.5 Å². The van der Waals surface area contributed by atoms with Crippen LogP contribution in [0.4, 0.5) is 22.7 Å². The highest BCUT2D eigenvalue weighted by molar-refractivity contribution is 6.09. The van der Waals surface area contributed by atoms with Crippen molar-refractivity contribution in [2.24, 2.45) is 0 Å². The molecule has 0 amide bonds. The lowest BCUT2D eigenvalue weighted by atomic mass is 9.61. The van der Waals surface area contributed by atoms with Crippen molar-refractivity contribution in [2.75, 3.05) is 16.5 Å². The van der Waals surface area contributed by atoms with Crippen molar-refractivity contribution in [1.29, 1.82) is 0 Å². The molecule has 5 heteroatoms. The van der Waals surface area contributed by atoms with E-state index in [1.165, 1.54) is 11.6 Å². The molecule has 89 heavy (non-hydrogen) atoms. The Balaban J connectivity index is 0.839. The first-order valence-corrected chi connectivity index (χ1v) is 30.7. The molecule has 1 spiro atoms. The van der Waals surface area contributed by atoms with Crippen molar-refractivity contribution < 1.29 is 15.7 Å². The van der Waals surface area contributed by atoms with E-state index in [2.05, 4.69) is 220 Å². The predicted molar refractivity (Wildman–Crippen MR) is 370 cm³/mol. The van der Waals surface area contributed by atoms with Gasteiger partial charge in [0, 0.05) is 62.4 Å². The van der Waals surface area contributed by atoms with E-state index >= 15 is 0 Å². The molecule has 0 radical (unpaired) electrons. The summed E-state index contributed by atoms with van der Waals surface area (Å²) in [6.07, 6.45) is 0.199. The summed E-state index contributed by atoms with van der Waals surface area (Å²) in [6, 6.07) is 84.0. The Morgan fingerprint density at radius 3 is 1.80 bits per heavy atom. The lowest BCUT2D eigenvalue weighted by Gasteiger charge is -2.40. The largest absolute Gasteiger partial charge is 0.457 e. The zero-order valence-electron chi connectivity index (χ0n) is 58.7. The van der Waals surface area contributed by atoms with Gasteiger partial charge in [0.1, 0.15) is 24.0 Å². The standard InChI is InChI=1S/C84H70N4O/c1-53-41-54(2)43-60(42-53)70-48-62(83(6,7)8)47-69(56-35-39-75-71(46-56)66-27-11-15-31-74(66)84(75)72-29-13-9-21-57(72)44-58-22-10-14-30-73(58)84)81(70)87-52-86(77-33-17-18-34-78(77)87)63-25-20-26-64(49-63)89-65-37-38-68-67-28-12-16-32-76(67)88(79(68)50-65)80-40-36-59(51-85-80)55-23-19-24-61(45-55)82(3,4)5/h9-43,45-51H,44,52H2,1-8H3/i1D3,2D3,44D2. The molecule has 0 atom stereocenters. The molecule has 2 aliphatic carbocycles. The van der Waals surface area contributed by atoms with E-state index in [4.69, 9.17) is 17.9 Å². The monoisotopic (exact) mass is 1160 g/mol. The van der Waals surface area contributed by atoms with Crippen LogP contribution in [0.15, 0.2) is 255 Å². The fraction of sp³-hybridized carbons (Fsp3) is 0.155. The van der Waals surface area contributed by atoms with Gasteiger partial charge in [0.2, 0.25) is 0 Å². The number of para-hydroxylation sites is 3. The molecule has 5 nitrogen and oxygen atoms in total. The fourth-order valence-electron chi connectivity index (χ4n) is 14.3. The first-order valence-electron chi connectivity index (χ1n) is 34.7. The first kappa shape index (κ1) is 46.0. The Kier molecular flexibility index (Phi) is 10.6. The summed E-state index contributed by atoms with van der Waals surface area (Å²) in [5.41, 5.74) is 18.5. The number of anilines is 4. The van der Waals surface area contributed by atoms with Crippen LogP contribution in [0.1, 0.15) is 108 Å². The molecule has 0 saturated heterocycles. The number of ether oxygens (including phenoxy) is 1. The van der Waals surface area contributed by atoms with Crippen LogP contribution in [0.25, 0.3) is 72.1 Å². The second kappa shape index (κ2) is 20.4. The average molecular weight is 1160 g/mol. The molecule has 13 aromatic rings. The summed E-state index contributed by atoms with van der Waals surface area (Å²) in [4.78, 5) is 9.65. The van der Waals surface area contributed by atoms with Crippen molar-refractivity contribution in [2.45, 2.75) is 77.9 Å². The van der Waals surface area contributed by atoms with E-state index < -0.39 is 30.9 Å². The lowest BCUT2D eigenvalue weighted by molar-refractivity contribution is 0.483. The molecule has 0 fully saturated rings. The van der Waals surface area contributed by atoms with E-state index in [0.717, 1.165) is 112 Å². The van der Waals surface area contributed by atoms with Crippen molar-refractivity contribution in [3.63, 3.8) is 0 Å². The van der Waals surface area contributed by atoms with Crippen molar-refractivity contribution >= 4 is 44.6 Å². The normalized spacial score (nSPS) is 16.0. The van der Waals surface area contributed by atoms with Gasteiger partial charge in [-0.3, -0.25) is 4.57 Å². The molecular weight excluding hydrogens is 1080 g/mol. The number of rotatable bonds is 8. The fourth-order valence-corrected chi connectivity index (χ4v) is 14.3. The Labute approximate surface area is 534 Å². The Morgan fingerprint density at radius 2 is 1.07 bits per heavy atom. The van der Waals surface area contributed by atoms with Crippen molar-refractivity contribution in [3.05, 3.63) is 311 Å². The molecule has 11 aromatic carbocycles. The smallest absolute Gasteiger partial charge is 0.137 e. The third kappa shape index (κ3) is 8.84. The maximum absolute atomic E-state index is 9.69. The first-order chi connectivity index (χ1) is 46.3. The summed E-state index contributed by atoms with van der Waals surface area (Å²) in [6.45, 7) is 8.21. The molecule has 1 aliphatic heterocycles. The van der Waals surface area contributed by atoms with Gasteiger partial charge in [-0.15, -0.1) is 0 Å². The zero-order valence-corrected chi connectivity index (χ0v) is 50.7. The number of hydrogen-bond donors (Lipinski definition) is 0. The van der Waals surface area contributed by atoms with Gasteiger partial charge in [0.15, 0.2) is 0 Å². The molecule has 3 aliphatic rings. The minimum atomic E-state index is -2.63. The van der Waals surface area contributed by atoms with E-state index in [0.29, 0.717) is 40.4 Å². The second-order valence-electron chi connectivity index (χ2n) is 26.1. The molecule has 2 aromatic heterocycles. The van der Waals surface area contributed by atoms with Crippen molar-refractivity contribution in [1.82, 2.24) is 9.55 Å². The third-order valence-electron chi connectivity index (χ3n) is 18.6. The lowest BCUT2D eigenvalue weighted by Crippen LogP contribution is -2.34. The van der Waals surface area contributed by atoms with Crippen molar-refractivity contribution in [3.8, 4) is 61.8 Å². The van der Waals surface area contributed by atoms with E-state index in [1.54, 1.807) is 12.1 Å². The van der Waals surface area contributed by atoms with Crippen LogP contribution in [-0.2, 0) is 22.6 Å². The maximum atomic E-state index is 9.69. The summed E-state index contributed by atoms with van der Waals surface area (Å²) < 4.78 is 81.0. The summed E-state index contributed by atoms with van der Waals surface area (Å²) in [7, 11) is 0. The Hall–Kier alpha value is -10.2. The maximum Gasteiger partial charge on any atom is 0.137 e. The second-order valence-corrected chi connectivity index (χ2v) is 26.1. The van der Waals surface area contributed by atoms with Crippen LogP contribution in [0.2, 0.25) is 0 Å². The third-order valence-corrected chi connectivity index (χ3v) is 18.6. The molecule has 0 bridgehead atoms. The topological polar surface area (TPSA) is 33.5 Å². The quantitative estimate of drug-likeness (QED) is 0.152. The molecule has 0 unspecified atom stereocenters. The van der Waals surface area contributed by atoms with E-state index in [1.807, 2.05) is 72.9 Å². The van der Waals surface area contributed by atoms with Crippen LogP contribution < -0.4 is 14.5 Å². The Morgan fingerprint density at radius 1 is 0.438 bits per heavy atom. The molecule has 16 rings (SSSR count). The number of pyridine rings is 1. The number of aromatic nitrogens is 2. The highest BCUT2D eigenvalue weighted by atomic mass is 16.5. The SMILES string of the molecule is [2H]C([2H])([2H])c1cc(-c2cc(C(C)(C)C)cc(-c3ccc4c(c3)-c3ccccc3C43c4ccccc4C([2H])([2H])c4ccccc43)c2N2CN(c3cccc(Oc4ccc5c6ccccc6n(-c6ccc(-c7cccc(C(C)(C)C)c7)cn6)c5c4)c3)c3ccccc32)cc(C([2H])([2H])[2H])c1. The van der Waals surface area contributed by atoms with Gasteiger partial charge >= 0.3 is 0 Å². The number of hydrogen-bond acceptors (Lipinski definition) is 4. The molecule has 432 valence electrons. The number of fused-ring (bicyclic) bond motifs is 13. The summed E-state index contributed by atoms with van der Waals surface area (Å²) in [5, 5.41) is 2.18. The summed E-state index contributed by atoms with van der Waals surface area (Å²) >= 11 is 0. The minimum absolute atomic E-state index is 0.00942. The van der Waals surface area contributed by atoms with Gasteiger partial charge in [-0.25, -0.2) is 4.98 Å². The highest BCUT2D eigenvalue weighted by Gasteiger charge is 2.50. The van der Waals surface area contributed by atoms with Crippen LogP contribution >= 0.6 is 0 Å². The molecule has 0 saturated carbocycles. The van der Waals surface area contributed by atoms with E-state index in [-0.39, 0.29) is 16.5 Å². The van der Waals surface area contributed by atoms with E-state index in [9.17, 15) is 2.74 Å². The molecule has 0 N–H and O–H groups in total. The van der Waals surface area contributed by atoms with Crippen LogP contribution in [0, 0.1) is 13.7 Å². The number of nitrogens with zero attached hydrogens (tertiary/aromatic N) is 4. The Bertz CT molecular complexity index is 5280. The van der Waals surface area contributed by atoms with Crippen LogP contribution in [-0.4, -0.2) is 16.2 Å². The van der Waals surface area contributed by atoms with Gasteiger partial charge in [-0.2, -0.15) is 0 Å². The van der Waals surface area contributed by atoms with Gasteiger partial charge in [0.25, 0.3) is 0 Å². The number of aryl methyl sites for hydroxylation is 2. The summed E-state index contributed by atoms with van der Waals surface area (Å²) in [5.74, 6) is 2.07. The van der Waals surface area contributed by atoms with Crippen LogP contribution in [0.3, 0.4) is 0 Å². The highest BCUT2D eigenvalue weighted by Crippen LogP contribution is 2.61. The van der Waals surface area contributed by atoms with Gasteiger partial charge in [-0.05, 0) is 176 Å². The zero-order chi connectivity index (χ0) is 67.3. The predicted octanol–water partition coefficient (Wildman–Crippen LogP) is 21.7. The minimum Gasteiger partial charge on any atom is -0.457 e. The van der Waals surface area contributed by atoms with Gasteiger partial charge in [0.05, 0.1) is 33.5 Å². The molecular formula is C84H70N4O.